The predicted octanol–water partition coefficient (Wildman–Crippen LogP) is 9.62. The van der Waals surface area contributed by atoms with Crippen LogP contribution >= 0.6 is 7.82 Å². The van der Waals surface area contributed by atoms with E-state index >= 15 is 0 Å². The molecule has 0 bridgehead atoms. The Morgan fingerprint density at radius 1 is 0.508 bits per heavy atom. The van der Waals surface area contributed by atoms with Crippen molar-refractivity contribution in [3.63, 3.8) is 0 Å². The molecule has 0 saturated heterocycles. The molecule has 1 saturated carbocycles. The van der Waals surface area contributed by atoms with Gasteiger partial charge in [0.2, 0.25) is 0 Å². The number of aliphatic hydroxyl groups excluding tert-OH is 5. The third kappa shape index (κ3) is 30.2. The Kier molecular flexibility index (Phi) is 35.4. The molecule has 0 heterocycles. The molecule has 1 aliphatic carbocycles. The summed E-state index contributed by atoms with van der Waals surface area (Å²) in [4.78, 5) is 35.7. The maximum absolute atomic E-state index is 12.8. The molecule has 0 aromatic rings. The highest BCUT2D eigenvalue weighted by Gasteiger charge is 2.51. The van der Waals surface area contributed by atoms with Gasteiger partial charge < -0.3 is 39.9 Å². The number of ether oxygens (including phenoxy) is 2. The molecule has 14 heteroatoms. The van der Waals surface area contributed by atoms with Crippen molar-refractivity contribution in [2.45, 2.75) is 249 Å². The van der Waals surface area contributed by atoms with Gasteiger partial charge in [0, 0.05) is 12.8 Å². The number of allylic oxidation sites excluding steroid dienone is 4. The molecule has 1 fully saturated rings. The smallest absolute Gasteiger partial charge is 0.462 e. The molecule has 6 N–H and O–H groups in total. The summed E-state index contributed by atoms with van der Waals surface area (Å²) in [5.41, 5.74) is 0. The third-order valence-electron chi connectivity index (χ3n) is 11.3. The van der Waals surface area contributed by atoms with Gasteiger partial charge in [-0.3, -0.25) is 18.6 Å². The minimum absolute atomic E-state index is 0.0834. The molecule has 0 aromatic carbocycles. The normalized spacial score (nSPS) is 22.2. The van der Waals surface area contributed by atoms with Crippen molar-refractivity contribution in [1.29, 1.82) is 0 Å². The molecule has 0 spiro atoms. The van der Waals surface area contributed by atoms with Crippen LogP contribution in [0.25, 0.3) is 0 Å². The van der Waals surface area contributed by atoms with Gasteiger partial charge in [0.25, 0.3) is 0 Å². The number of carbonyl (C=O) groups is 2. The molecule has 8 atom stereocenters. The van der Waals surface area contributed by atoms with Gasteiger partial charge in [-0.25, -0.2) is 4.57 Å². The van der Waals surface area contributed by atoms with Gasteiger partial charge in [0.1, 0.15) is 43.2 Å². The van der Waals surface area contributed by atoms with E-state index in [1.807, 2.05) is 0 Å². The molecular formula is C47H87O13P. The summed E-state index contributed by atoms with van der Waals surface area (Å²) in [6, 6.07) is 0. The van der Waals surface area contributed by atoms with Gasteiger partial charge in [-0.1, -0.05) is 173 Å². The Balaban J connectivity index is 2.43. The van der Waals surface area contributed by atoms with Gasteiger partial charge in [-0.2, -0.15) is 0 Å². The molecular weight excluding hydrogens is 803 g/mol. The molecule has 0 aromatic heterocycles. The fraction of sp³-hybridized carbons (Fsp3) is 0.872. The van der Waals surface area contributed by atoms with E-state index in [-0.39, 0.29) is 12.8 Å². The number of phosphoric ester groups is 1. The van der Waals surface area contributed by atoms with Gasteiger partial charge in [0.05, 0.1) is 6.61 Å². The molecule has 1 aliphatic rings. The summed E-state index contributed by atoms with van der Waals surface area (Å²) in [6.45, 7) is 3.28. The van der Waals surface area contributed by atoms with Crippen molar-refractivity contribution < 1.29 is 63.1 Å². The number of unbranched alkanes of at least 4 members (excludes halogenated alkanes) is 24. The van der Waals surface area contributed by atoms with E-state index in [9.17, 15) is 44.6 Å². The highest BCUT2D eigenvalue weighted by Crippen LogP contribution is 2.47. The van der Waals surface area contributed by atoms with E-state index in [0.29, 0.717) is 12.8 Å². The minimum Gasteiger partial charge on any atom is -0.462 e. The zero-order valence-corrected chi connectivity index (χ0v) is 38.9. The Labute approximate surface area is 368 Å². The minimum atomic E-state index is -5.12. The van der Waals surface area contributed by atoms with E-state index in [4.69, 9.17) is 18.5 Å². The van der Waals surface area contributed by atoms with Crippen LogP contribution in [0.4, 0.5) is 0 Å². The highest BCUT2D eigenvalue weighted by atomic mass is 31.2. The Morgan fingerprint density at radius 2 is 0.885 bits per heavy atom. The lowest BCUT2D eigenvalue weighted by Crippen LogP contribution is -2.64. The van der Waals surface area contributed by atoms with Crippen LogP contribution in [0.15, 0.2) is 24.3 Å². The molecule has 0 radical (unpaired) electrons. The van der Waals surface area contributed by atoms with Crippen LogP contribution in [-0.4, -0.2) is 98.3 Å². The van der Waals surface area contributed by atoms with Gasteiger partial charge in [0.15, 0.2) is 6.10 Å². The number of hydrogen-bond acceptors (Lipinski definition) is 12. The van der Waals surface area contributed by atoms with E-state index in [1.54, 1.807) is 0 Å². The van der Waals surface area contributed by atoms with Crippen LogP contribution in [0.1, 0.15) is 206 Å². The van der Waals surface area contributed by atoms with E-state index < -0.39 is 75.7 Å². The van der Waals surface area contributed by atoms with Crippen LogP contribution in [0.2, 0.25) is 0 Å². The van der Waals surface area contributed by atoms with Crippen molar-refractivity contribution in [2.75, 3.05) is 13.2 Å². The average molecular weight is 891 g/mol. The monoisotopic (exact) mass is 891 g/mol. The quantitative estimate of drug-likeness (QED) is 0.0147. The second-order valence-corrected chi connectivity index (χ2v) is 18.4. The standard InChI is InChI=1S/C47H87O13P/c1-3-5-7-9-11-13-15-17-19-20-22-23-25-27-29-31-33-35-40(48)57-37-39(38-58-61(55,56)60-47-45(53)43(51)42(50)44(52)46(47)54)59-41(49)36-34-32-30-28-26-24-21-18-16-14-12-10-8-6-4-2/h12,14,18,21,39,42-47,50-54H,3-11,13,15-17,19-20,22-38H2,1-2H3,(H,55,56)/b14-12-,21-18-/t39-,42?,43-,44?,45?,46?,47?/m1/s1. The van der Waals surface area contributed by atoms with Gasteiger partial charge in [-0.15, -0.1) is 0 Å². The molecule has 61 heavy (non-hydrogen) atoms. The predicted molar refractivity (Wildman–Crippen MR) is 240 cm³/mol. The zero-order chi connectivity index (χ0) is 45.0. The molecule has 6 unspecified atom stereocenters. The molecule has 13 nitrogen and oxygen atoms in total. The summed E-state index contributed by atoms with van der Waals surface area (Å²) in [7, 11) is -5.12. The first-order chi connectivity index (χ1) is 29.4. The van der Waals surface area contributed by atoms with Crippen LogP contribution in [0.3, 0.4) is 0 Å². The summed E-state index contributed by atoms with van der Waals surface area (Å²) in [6.07, 6.45) is 28.0. The topological polar surface area (TPSA) is 210 Å². The highest BCUT2D eigenvalue weighted by molar-refractivity contribution is 7.47. The Bertz CT molecular complexity index is 1170. The lowest BCUT2D eigenvalue weighted by Gasteiger charge is -2.41. The number of esters is 2. The second kappa shape index (κ2) is 37.7. The summed E-state index contributed by atoms with van der Waals surface area (Å²) < 4.78 is 33.6. The van der Waals surface area contributed by atoms with Crippen molar-refractivity contribution >= 4 is 19.8 Å². The van der Waals surface area contributed by atoms with Crippen LogP contribution in [0, 0.1) is 0 Å². The first kappa shape index (κ1) is 57.3. The van der Waals surface area contributed by atoms with E-state index in [2.05, 4.69) is 38.2 Å². The molecule has 0 aliphatic heterocycles. The first-order valence-corrected chi connectivity index (χ1v) is 25.6. The molecule has 0 amide bonds. The fourth-order valence-electron chi connectivity index (χ4n) is 7.38. The Hall–Kier alpha value is -1.67. The van der Waals surface area contributed by atoms with Gasteiger partial charge >= 0.3 is 19.8 Å². The number of hydrogen-bond donors (Lipinski definition) is 6. The van der Waals surface area contributed by atoms with Crippen molar-refractivity contribution in [3.8, 4) is 0 Å². The van der Waals surface area contributed by atoms with Crippen molar-refractivity contribution in [2.24, 2.45) is 0 Å². The SMILES string of the molecule is CCCCC/C=C\C/C=C\CCCCCCCC(=O)O[C@H](COC(=O)CCCCCCCCCCCCCCCCCCC)COP(=O)(O)OC1C(O)C(O)C(O)[C@@H](O)C1O. The first-order valence-electron chi connectivity index (χ1n) is 24.1. The largest absolute Gasteiger partial charge is 0.472 e. The van der Waals surface area contributed by atoms with Crippen LogP contribution in [0.5, 0.6) is 0 Å². The van der Waals surface area contributed by atoms with Gasteiger partial charge in [-0.05, 0) is 44.9 Å². The maximum Gasteiger partial charge on any atom is 0.472 e. The van der Waals surface area contributed by atoms with E-state index in [1.165, 1.54) is 103 Å². The lowest BCUT2D eigenvalue weighted by molar-refractivity contribution is -0.220. The van der Waals surface area contributed by atoms with E-state index in [0.717, 1.165) is 64.2 Å². The lowest BCUT2D eigenvalue weighted by atomic mass is 9.85. The number of aliphatic hydroxyl groups is 5. The van der Waals surface area contributed by atoms with Crippen molar-refractivity contribution in [3.05, 3.63) is 24.3 Å². The Morgan fingerprint density at radius 3 is 1.36 bits per heavy atom. The van der Waals surface area contributed by atoms with Crippen molar-refractivity contribution in [1.82, 2.24) is 0 Å². The number of rotatable bonds is 40. The van der Waals surface area contributed by atoms with Crippen LogP contribution in [-0.2, 0) is 32.7 Å². The molecule has 358 valence electrons. The third-order valence-corrected chi connectivity index (χ3v) is 12.3. The summed E-state index contributed by atoms with van der Waals surface area (Å²) in [5, 5.41) is 50.2. The maximum atomic E-state index is 12.8. The summed E-state index contributed by atoms with van der Waals surface area (Å²) >= 11 is 0. The van der Waals surface area contributed by atoms with Crippen LogP contribution < -0.4 is 0 Å². The number of phosphoric acid groups is 1. The molecule has 1 rings (SSSR count). The average Bonchev–Trinajstić information content (AvgIpc) is 3.24. The summed E-state index contributed by atoms with van der Waals surface area (Å²) in [5.74, 6) is -1.11. The second-order valence-electron chi connectivity index (χ2n) is 17.0. The fourth-order valence-corrected chi connectivity index (χ4v) is 8.35. The number of carbonyl (C=O) groups excluding carboxylic acids is 2. The zero-order valence-electron chi connectivity index (χ0n) is 38.0.